The molecule has 1 N–H and O–H groups in total. The Morgan fingerprint density at radius 1 is 1.25 bits per heavy atom. The van der Waals surface area contributed by atoms with Gasteiger partial charge in [-0.25, -0.2) is 0 Å². The van der Waals surface area contributed by atoms with Gasteiger partial charge in [0.15, 0.2) is 0 Å². The fourth-order valence-electron chi connectivity index (χ4n) is 3.02. The molecule has 1 aliphatic carbocycles. The standard InChI is InChI=1S/C14H29NO/c1-6-16-13(14(2,3)4)12(15-5)11-9-7-8-10-11/h11-13,15H,6-10H2,1-5H3. The van der Waals surface area contributed by atoms with Crippen molar-refractivity contribution < 1.29 is 4.74 Å². The molecule has 1 saturated carbocycles. The van der Waals surface area contributed by atoms with Crippen LogP contribution in [0.1, 0.15) is 53.4 Å². The minimum Gasteiger partial charge on any atom is -0.376 e. The molecular formula is C14H29NO. The van der Waals surface area contributed by atoms with Crippen LogP contribution in [0.2, 0.25) is 0 Å². The average Bonchev–Trinajstić information content (AvgIpc) is 2.69. The smallest absolute Gasteiger partial charge is 0.0778 e. The summed E-state index contributed by atoms with van der Waals surface area (Å²) >= 11 is 0. The summed E-state index contributed by atoms with van der Waals surface area (Å²) in [5, 5.41) is 3.51. The number of rotatable bonds is 5. The van der Waals surface area contributed by atoms with E-state index in [1.807, 2.05) is 0 Å². The van der Waals surface area contributed by atoms with Crippen LogP contribution in [-0.4, -0.2) is 25.8 Å². The van der Waals surface area contributed by atoms with Gasteiger partial charge in [-0.1, -0.05) is 33.6 Å². The van der Waals surface area contributed by atoms with Crippen LogP contribution in [0.5, 0.6) is 0 Å². The van der Waals surface area contributed by atoms with Crippen molar-refractivity contribution in [2.75, 3.05) is 13.7 Å². The first-order valence-corrected chi connectivity index (χ1v) is 6.79. The average molecular weight is 227 g/mol. The Kier molecular flexibility index (Phi) is 5.26. The summed E-state index contributed by atoms with van der Waals surface area (Å²) in [6.07, 6.45) is 5.85. The van der Waals surface area contributed by atoms with Gasteiger partial charge in [-0.3, -0.25) is 0 Å². The molecule has 0 aromatic carbocycles. The third-order valence-electron chi connectivity index (χ3n) is 3.77. The maximum absolute atomic E-state index is 6.01. The fraction of sp³-hybridized carbons (Fsp3) is 1.00. The molecule has 1 fully saturated rings. The van der Waals surface area contributed by atoms with Gasteiger partial charge in [-0.15, -0.1) is 0 Å². The molecule has 0 heterocycles. The molecule has 0 amide bonds. The molecule has 0 aliphatic heterocycles. The maximum atomic E-state index is 6.01. The lowest BCUT2D eigenvalue weighted by Crippen LogP contribution is -2.50. The van der Waals surface area contributed by atoms with Gasteiger partial charge in [-0.2, -0.15) is 0 Å². The van der Waals surface area contributed by atoms with Crippen LogP contribution < -0.4 is 5.32 Å². The summed E-state index contributed by atoms with van der Waals surface area (Å²) in [6, 6.07) is 0.516. The third-order valence-corrected chi connectivity index (χ3v) is 3.77. The van der Waals surface area contributed by atoms with Crippen LogP contribution in [0.15, 0.2) is 0 Å². The van der Waals surface area contributed by atoms with Crippen molar-refractivity contribution in [1.29, 1.82) is 0 Å². The van der Waals surface area contributed by atoms with Crippen LogP contribution in [0.25, 0.3) is 0 Å². The fourth-order valence-corrected chi connectivity index (χ4v) is 3.02. The van der Waals surface area contributed by atoms with Crippen LogP contribution in [0, 0.1) is 11.3 Å². The zero-order chi connectivity index (χ0) is 12.2. The molecule has 0 aromatic heterocycles. The molecule has 16 heavy (non-hydrogen) atoms. The van der Waals surface area contributed by atoms with E-state index in [4.69, 9.17) is 4.74 Å². The number of nitrogens with one attached hydrogen (secondary N) is 1. The van der Waals surface area contributed by atoms with Gasteiger partial charge in [0.05, 0.1) is 6.10 Å². The maximum Gasteiger partial charge on any atom is 0.0778 e. The molecule has 0 saturated heterocycles. The van der Waals surface area contributed by atoms with E-state index in [1.54, 1.807) is 0 Å². The van der Waals surface area contributed by atoms with Crippen LogP contribution >= 0.6 is 0 Å². The Labute approximate surface area is 101 Å². The molecule has 0 radical (unpaired) electrons. The van der Waals surface area contributed by atoms with Crippen molar-refractivity contribution >= 4 is 0 Å². The Morgan fingerprint density at radius 2 is 1.81 bits per heavy atom. The zero-order valence-electron chi connectivity index (χ0n) is 11.7. The Morgan fingerprint density at radius 3 is 2.19 bits per heavy atom. The van der Waals surface area contributed by atoms with E-state index in [0.29, 0.717) is 12.1 Å². The van der Waals surface area contributed by atoms with Crippen molar-refractivity contribution in [2.45, 2.75) is 65.5 Å². The highest BCUT2D eigenvalue weighted by Gasteiger charge is 2.37. The van der Waals surface area contributed by atoms with Crippen molar-refractivity contribution in [3.8, 4) is 0 Å². The monoisotopic (exact) mass is 227 g/mol. The van der Waals surface area contributed by atoms with Gasteiger partial charge in [0.1, 0.15) is 0 Å². The molecule has 0 bridgehead atoms. The molecule has 0 spiro atoms. The van der Waals surface area contributed by atoms with Gasteiger partial charge < -0.3 is 10.1 Å². The van der Waals surface area contributed by atoms with E-state index >= 15 is 0 Å². The lowest BCUT2D eigenvalue weighted by Gasteiger charge is -2.39. The topological polar surface area (TPSA) is 21.3 Å². The van der Waals surface area contributed by atoms with Gasteiger partial charge in [0, 0.05) is 12.6 Å². The summed E-state index contributed by atoms with van der Waals surface area (Å²) in [5.74, 6) is 0.806. The molecule has 2 atom stereocenters. The minimum absolute atomic E-state index is 0.215. The Balaban J connectivity index is 2.72. The number of hydrogen-bond donors (Lipinski definition) is 1. The molecule has 2 heteroatoms. The predicted molar refractivity (Wildman–Crippen MR) is 69.7 cm³/mol. The van der Waals surface area contributed by atoms with Crippen LogP contribution in [0.3, 0.4) is 0 Å². The second-order valence-corrected chi connectivity index (χ2v) is 6.10. The van der Waals surface area contributed by atoms with E-state index in [0.717, 1.165) is 12.5 Å². The summed E-state index contributed by atoms with van der Waals surface area (Å²) in [5.41, 5.74) is 0.215. The minimum atomic E-state index is 0.215. The largest absolute Gasteiger partial charge is 0.376 e. The summed E-state index contributed by atoms with van der Waals surface area (Å²) in [6.45, 7) is 9.76. The molecular weight excluding hydrogens is 198 g/mol. The lowest BCUT2D eigenvalue weighted by atomic mass is 9.79. The summed E-state index contributed by atoms with van der Waals surface area (Å²) in [4.78, 5) is 0. The first kappa shape index (κ1) is 14.0. The van der Waals surface area contributed by atoms with Gasteiger partial charge in [0.2, 0.25) is 0 Å². The van der Waals surface area contributed by atoms with Crippen molar-refractivity contribution in [3.05, 3.63) is 0 Å². The predicted octanol–water partition coefficient (Wildman–Crippen LogP) is 3.22. The zero-order valence-corrected chi connectivity index (χ0v) is 11.7. The van der Waals surface area contributed by atoms with E-state index < -0.39 is 0 Å². The molecule has 2 nitrogen and oxygen atoms in total. The number of ether oxygens (including phenoxy) is 1. The first-order valence-electron chi connectivity index (χ1n) is 6.79. The second-order valence-electron chi connectivity index (χ2n) is 6.10. The highest BCUT2D eigenvalue weighted by atomic mass is 16.5. The van der Waals surface area contributed by atoms with Gasteiger partial charge in [-0.05, 0) is 38.1 Å². The van der Waals surface area contributed by atoms with E-state index in [2.05, 4.69) is 40.1 Å². The molecule has 1 aliphatic rings. The molecule has 96 valence electrons. The van der Waals surface area contributed by atoms with Crippen molar-refractivity contribution in [2.24, 2.45) is 11.3 Å². The van der Waals surface area contributed by atoms with Crippen molar-refractivity contribution in [3.63, 3.8) is 0 Å². The highest BCUT2D eigenvalue weighted by molar-refractivity contribution is 4.91. The molecule has 0 aromatic rings. The second kappa shape index (κ2) is 6.02. The summed E-state index contributed by atoms with van der Waals surface area (Å²) < 4.78 is 6.01. The van der Waals surface area contributed by atoms with Gasteiger partial charge >= 0.3 is 0 Å². The summed E-state index contributed by atoms with van der Waals surface area (Å²) in [7, 11) is 2.08. The number of hydrogen-bond acceptors (Lipinski definition) is 2. The Bertz CT molecular complexity index is 191. The van der Waals surface area contributed by atoms with Crippen LogP contribution in [-0.2, 0) is 4.74 Å². The molecule has 2 unspecified atom stereocenters. The molecule has 1 rings (SSSR count). The van der Waals surface area contributed by atoms with E-state index in [1.165, 1.54) is 25.7 Å². The number of likely N-dealkylation sites (N-methyl/N-ethyl adjacent to an activating group) is 1. The SMILES string of the molecule is CCOC(C(NC)C1CCCC1)C(C)(C)C. The van der Waals surface area contributed by atoms with E-state index in [-0.39, 0.29) is 5.41 Å². The van der Waals surface area contributed by atoms with E-state index in [9.17, 15) is 0 Å². The quantitative estimate of drug-likeness (QED) is 0.778. The van der Waals surface area contributed by atoms with Crippen LogP contribution in [0.4, 0.5) is 0 Å². The first-order chi connectivity index (χ1) is 7.50. The normalized spacial score (nSPS) is 22.3. The highest BCUT2D eigenvalue weighted by Crippen LogP contribution is 2.35. The Hall–Kier alpha value is -0.0800. The van der Waals surface area contributed by atoms with Gasteiger partial charge in [0.25, 0.3) is 0 Å². The third kappa shape index (κ3) is 3.46. The van der Waals surface area contributed by atoms with Crippen molar-refractivity contribution in [1.82, 2.24) is 5.32 Å². The lowest BCUT2D eigenvalue weighted by molar-refractivity contribution is -0.0466.